The smallest absolute Gasteiger partial charge is 0.395 e. The predicted octanol–water partition coefficient (Wildman–Crippen LogP) is 5.62. The second-order valence-electron chi connectivity index (χ2n) is 11.2. The van der Waals surface area contributed by atoms with Crippen molar-refractivity contribution in [3.63, 3.8) is 0 Å². The fourth-order valence-electron chi connectivity index (χ4n) is 5.15. The number of hydrogen-bond acceptors (Lipinski definition) is 6. The lowest BCUT2D eigenvalue weighted by molar-refractivity contribution is -0.286. The summed E-state index contributed by atoms with van der Waals surface area (Å²) in [6.07, 6.45) is -11.0. The van der Waals surface area contributed by atoms with Gasteiger partial charge in [0.25, 0.3) is 0 Å². The first kappa shape index (κ1) is 23.3. The summed E-state index contributed by atoms with van der Waals surface area (Å²) in [5, 5.41) is 23.9. The molecule has 232 valence electrons. The maximum atomic E-state index is 15.7. The van der Waals surface area contributed by atoms with Crippen LogP contribution in [-0.4, -0.2) is 46.3 Å². The van der Waals surface area contributed by atoms with E-state index >= 15 is 4.39 Å². The van der Waals surface area contributed by atoms with E-state index in [9.17, 15) is 23.8 Å². The van der Waals surface area contributed by atoms with Gasteiger partial charge in [0, 0.05) is 22.0 Å². The summed E-state index contributed by atoms with van der Waals surface area (Å²) in [5.41, 5.74) is -3.92. The van der Waals surface area contributed by atoms with E-state index in [0.717, 1.165) is 35.9 Å². The van der Waals surface area contributed by atoms with Gasteiger partial charge in [-0.05, 0) is 54.2 Å². The Morgan fingerprint density at radius 1 is 1.14 bits per heavy atom. The fourth-order valence-corrected chi connectivity index (χ4v) is 5.15. The van der Waals surface area contributed by atoms with Crippen LogP contribution in [-0.2, 0) is 33.5 Å². The van der Waals surface area contributed by atoms with Crippen LogP contribution in [0.3, 0.4) is 0 Å². The summed E-state index contributed by atoms with van der Waals surface area (Å²) in [6.45, 7) is -0.137. The lowest BCUT2D eigenvalue weighted by Gasteiger charge is -2.26. The van der Waals surface area contributed by atoms with Crippen molar-refractivity contribution in [3.05, 3.63) is 89.4 Å². The minimum Gasteiger partial charge on any atom is -0.395 e. The van der Waals surface area contributed by atoms with E-state index < -0.39 is 71.4 Å². The number of aliphatic hydroxyl groups is 2. The molecular weight excluding hydrogens is 577 g/mol. The molecule has 3 N–H and O–H groups in total. The Kier molecular flexibility index (Phi) is 5.91. The third-order valence-electron chi connectivity index (χ3n) is 7.52. The number of carbonyl (C=O) groups excluding carboxylic acids is 1. The van der Waals surface area contributed by atoms with Gasteiger partial charge in [0.05, 0.1) is 51.8 Å². The van der Waals surface area contributed by atoms with Gasteiger partial charge in [0.2, 0.25) is 5.91 Å². The Bertz CT molecular complexity index is 1950. The van der Waals surface area contributed by atoms with Crippen LogP contribution in [0.1, 0.15) is 51.6 Å². The van der Waals surface area contributed by atoms with E-state index in [1.165, 1.54) is 24.5 Å². The Hall–Kier alpha value is -4.06. The summed E-state index contributed by atoms with van der Waals surface area (Å²) < 4.78 is 109. The standard InChI is InChI=1S/C33H33F3N2O6/c1-31(2,19-39)29-13-21-12-24(34)25(15-26(21)38(29)16-23(40)18-42-17-20-6-4-3-5-7-20)37-30(41)32(10-11-32)22-8-9-27-28(14-22)44-33(35,36)43-27/h3-9,12-15,23,39-40H,10-11,16-19H2,1-2H3,(H,37,41)/t23-/m1/s1/i10D2,11D2,19D2. The van der Waals surface area contributed by atoms with E-state index in [1.54, 1.807) is 0 Å². The molecular formula is C33H33F3N2O6. The molecule has 1 atom stereocenters. The monoisotopic (exact) mass is 616 g/mol. The number of nitrogens with zero attached hydrogens (tertiary/aromatic N) is 1. The minimum atomic E-state index is -4.03. The van der Waals surface area contributed by atoms with E-state index in [-0.39, 0.29) is 41.9 Å². The normalized spacial score (nSPS) is 21.7. The van der Waals surface area contributed by atoms with Crippen molar-refractivity contribution in [2.75, 3.05) is 18.5 Å². The Morgan fingerprint density at radius 3 is 2.57 bits per heavy atom. The number of anilines is 1. The lowest BCUT2D eigenvalue weighted by atomic mass is 9.90. The zero-order valence-corrected chi connectivity index (χ0v) is 23.7. The molecule has 1 aromatic heterocycles. The molecule has 1 amide bonds. The molecule has 1 aliphatic carbocycles. The van der Waals surface area contributed by atoms with Crippen LogP contribution in [0.5, 0.6) is 11.5 Å². The first-order valence-electron chi connectivity index (χ1n) is 16.7. The second kappa shape index (κ2) is 11.1. The van der Waals surface area contributed by atoms with Gasteiger partial charge in [0.15, 0.2) is 11.5 Å². The fraction of sp³-hybridized carbons (Fsp3) is 0.364. The number of halogens is 3. The molecule has 8 nitrogen and oxygen atoms in total. The topological polar surface area (TPSA) is 102 Å². The van der Waals surface area contributed by atoms with Crippen molar-refractivity contribution in [1.29, 1.82) is 0 Å². The summed E-state index contributed by atoms with van der Waals surface area (Å²) in [6, 6.07) is 15.7. The van der Waals surface area contributed by atoms with Gasteiger partial charge in [-0.15, -0.1) is 8.78 Å². The molecule has 1 fully saturated rings. The van der Waals surface area contributed by atoms with E-state index in [1.807, 2.05) is 30.3 Å². The Balaban J connectivity index is 1.36. The van der Waals surface area contributed by atoms with Gasteiger partial charge in [-0.1, -0.05) is 50.2 Å². The highest BCUT2D eigenvalue weighted by atomic mass is 19.3. The molecule has 1 saturated carbocycles. The third-order valence-corrected chi connectivity index (χ3v) is 7.52. The number of aromatic nitrogens is 1. The average molecular weight is 617 g/mol. The van der Waals surface area contributed by atoms with Crippen molar-refractivity contribution < 1.29 is 50.6 Å². The molecule has 44 heavy (non-hydrogen) atoms. The quantitative estimate of drug-likeness (QED) is 0.202. The molecule has 4 aromatic rings. The molecule has 3 aromatic carbocycles. The van der Waals surface area contributed by atoms with Crippen molar-refractivity contribution in [2.45, 2.75) is 63.0 Å². The highest BCUT2D eigenvalue weighted by molar-refractivity contribution is 6.02. The Morgan fingerprint density at radius 2 is 1.86 bits per heavy atom. The van der Waals surface area contributed by atoms with Crippen molar-refractivity contribution in [2.24, 2.45) is 0 Å². The first-order valence-corrected chi connectivity index (χ1v) is 13.7. The lowest BCUT2D eigenvalue weighted by Crippen LogP contribution is -2.30. The van der Waals surface area contributed by atoms with Crippen LogP contribution in [0, 0.1) is 5.82 Å². The van der Waals surface area contributed by atoms with Crippen molar-refractivity contribution >= 4 is 22.5 Å². The van der Waals surface area contributed by atoms with Crippen LogP contribution in [0.25, 0.3) is 10.9 Å². The molecule has 2 heterocycles. The molecule has 2 aliphatic rings. The summed E-state index contributed by atoms with van der Waals surface area (Å²) in [4.78, 5) is 13.9. The summed E-state index contributed by atoms with van der Waals surface area (Å²) >= 11 is 0. The van der Waals surface area contributed by atoms with Gasteiger partial charge < -0.3 is 34.3 Å². The highest BCUT2D eigenvalue weighted by Crippen LogP contribution is 2.52. The van der Waals surface area contributed by atoms with Gasteiger partial charge in [-0.2, -0.15) is 0 Å². The van der Waals surface area contributed by atoms with Gasteiger partial charge in [0.1, 0.15) is 5.82 Å². The number of alkyl halides is 2. The third kappa shape index (κ3) is 5.74. The molecule has 0 radical (unpaired) electrons. The predicted molar refractivity (Wildman–Crippen MR) is 156 cm³/mol. The minimum absolute atomic E-state index is 0.153. The number of rotatable bonds is 11. The number of nitrogens with one attached hydrogen (secondary N) is 1. The number of benzene rings is 3. The van der Waals surface area contributed by atoms with E-state index in [2.05, 4.69) is 14.8 Å². The molecule has 0 unspecified atom stereocenters. The zero-order valence-electron chi connectivity index (χ0n) is 29.7. The maximum absolute atomic E-state index is 15.7. The SMILES string of the molecule is [2H]C([2H])(O)C(C)(C)c1cc2cc(F)c(NC(=O)C3(c4ccc5c(c4)OC(F)(F)O5)C([2H])([2H])C3([2H])[2H])cc2n1C[C@@H](O)COCc1ccccc1. The first-order chi connectivity index (χ1) is 23.1. The summed E-state index contributed by atoms with van der Waals surface area (Å²) in [7, 11) is 0. The average Bonchev–Trinajstić information content (AvgIpc) is 3.30. The van der Waals surface area contributed by atoms with Gasteiger partial charge in [-0.3, -0.25) is 4.79 Å². The van der Waals surface area contributed by atoms with Crippen molar-refractivity contribution in [3.8, 4) is 11.5 Å². The molecule has 0 bridgehead atoms. The summed E-state index contributed by atoms with van der Waals surface area (Å²) in [5.74, 6) is -3.30. The Labute approximate surface area is 260 Å². The zero-order chi connectivity index (χ0) is 36.7. The second-order valence-corrected chi connectivity index (χ2v) is 11.2. The molecule has 0 spiro atoms. The maximum Gasteiger partial charge on any atom is 0.586 e. The highest BCUT2D eigenvalue weighted by Gasteiger charge is 2.53. The van der Waals surface area contributed by atoms with Crippen molar-refractivity contribution in [1.82, 2.24) is 4.57 Å². The number of carbonyl (C=O) groups is 1. The molecule has 1 aliphatic heterocycles. The molecule has 11 heteroatoms. The van der Waals surface area contributed by atoms with Crippen LogP contribution in [0.4, 0.5) is 18.9 Å². The molecule has 0 saturated heterocycles. The van der Waals surface area contributed by atoms with E-state index in [0.29, 0.717) is 0 Å². The number of aliphatic hydroxyl groups excluding tert-OH is 1. The molecule has 6 rings (SSSR count). The number of ether oxygens (including phenoxy) is 3. The number of fused-ring (bicyclic) bond motifs is 2. The largest absolute Gasteiger partial charge is 0.586 e. The number of hydrogen-bond donors (Lipinski definition) is 3. The van der Waals surface area contributed by atoms with Gasteiger partial charge in [-0.25, -0.2) is 4.39 Å². The van der Waals surface area contributed by atoms with Crippen LogP contribution in [0.15, 0.2) is 66.7 Å². The van der Waals surface area contributed by atoms with Crippen LogP contribution < -0.4 is 14.8 Å². The van der Waals surface area contributed by atoms with Crippen LogP contribution in [0.2, 0.25) is 0 Å². The number of amides is 1. The van der Waals surface area contributed by atoms with E-state index in [4.69, 9.17) is 13.0 Å². The van der Waals surface area contributed by atoms with Crippen LogP contribution >= 0.6 is 0 Å². The van der Waals surface area contributed by atoms with Gasteiger partial charge >= 0.3 is 6.29 Å².